The van der Waals surface area contributed by atoms with Crippen LogP contribution in [0.15, 0.2) is 24.3 Å². The lowest BCUT2D eigenvalue weighted by Gasteiger charge is -2.27. The number of aryl methyl sites for hydroxylation is 1. The number of rotatable bonds is 7. The van der Waals surface area contributed by atoms with Crippen LogP contribution in [0.5, 0.6) is 0 Å². The van der Waals surface area contributed by atoms with Gasteiger partial charge < -0.3 is 5.32 Å². The lowest BCUT2D eigenvalue weighted by molar-refractivity contribution is 0.498. The van der Waals surface area contributed by atoms with Crippen LogP contribution in [0.25, 0.3) is 0 Å². The molecule has 0 saturated carbocycles. The Hall–Kier alpha value is -0.910. The Morgan fingerprint density at radius 3 is 2.86 bits per heavy atom. The van der Waals surface area contributed by atoms with Crippen molar-refractivity contribution in [2.24, 2.45) is 0 Å². The van der Waals surface area contributed by atoms with Crippen LogP contribution in [0.3, 0.4) is 0 Å². The summed E-state index contributed by atoms with van der Waals surface area (Å²) in [5.74, 6) is 0. The zero-order valence-corrected chi connectivity index (χ0v) is 13.7. The zero-order chi connectivity index (χ0) is 15.3. The molecule has 0 radical (unpaired) electrons. The van der Waals surface area contributed by atoms with Gasteiger partial charge in [-0.2, -0.15) is 0 Å². The van der Waals surface area contributed by atoms with Crippen molar-refractivity contribution >= 4 is 10.0 Å². The van der Waals surface area contributed by atoms with E-state index in [0.717, 1.165) is 37.8 Å². The Balaban J connectivity index is 2.04. The van der Waals surface area contributed by atoms with E-state index in [2.05, 4.69) is 23.0 Å². The molecule has 1 aliphatic rings. The monoisotopic (exact) mass is 310 g/mol. The van der Waals surface area contributed by atoms with Gasteiger partial charge in [-0.25, -0.2) is 13.1 Å². The molecule has 5 heteroatoms. The lowest BCUT2D eigenvalue weighted by atomic mass is 9.88. The maximum Gasteiger partial charge on any atom is 0.216 e. The summed E-state index contributed by atoms with van der Waals surface area (Å²) in [5, 5.41) is 2.76. The highest BCUT2D eigenvalue weighted by molar-refractivity contribution is 7.90. The molecule has 0 aromatic heterocycles. The Kier molecular flexibility index (Phi) is 5.79. The van der Waals surface area contributed by atoms with E-state index >= 15 is 0 Å². The molecule has 118 valence electrons. The molecule has 0 bridgehead atoms. The number of sulfonamides is 1. The highest BCUT2D eigenvalue weighted by Gasteiger charge is 2.27. The Morgan fingerprint density at radius 1 is 1.33 bits per heavy atom. The van der Waals surface area contributed by atoms with Crippen molar-refractivity contribution in [1.82, 2.24) is 10.0 Å². The molecule has 1 aromatic rings. The van der Waals surface area contributed by atoms with Crippen LogP contribution in [-0.2, 0) is 16.4 Å². The van der Waals surface area contributed by atoms with Crippen molar-refractivity contribution in [2.75, 3.05) is 13.1 Å². The third-order valence-electron chi connectivity index (χ3n) is 4.06. The summed E-state index contributed by atoms with van der Waals surface area (Å²) < 4.78 is 27.8. The molecule has 0 amide bonds. The molecule has 0 saturated heterocycles. The van der Waals surface area contributed by atoms with Gasteiger partial charge in [-0.1, -0.05) is 31.2 Å². The van der Waals surface area contributed by atoms with Gasteiger partial charge in [0.1, 0.15) is 0 Å². The molecule has 21 heavy (non-hydrogen) atoms. The van der Waals surface area contributed by atoms with Crippen molar-refractivity contribution in [2.45, 2.75) is 50.8 Å². The van der Waals surface area contributed by atoms with Crippen LogP contribution >= 0.6 is 0 Å². The number of nitrogens with one attached hydrogen (secondary N) is 2. The first-order valence-corrected chi connectivity index (χ1v) is 9.39. The predicted octanol–water partition coefficient (Wildman–Crippen LogP) is 2.37. The minimum atomic E-state index is -3.30. The minimum Gasteiger partial charge on any atom is -0.315 e. The zero-order valence-electron chi connectivity index (χ0n) is 12.9. The predicted molar refractivity (Wildman–Crippen MR) is 86.8 cm³/mol. The van der Waals surface area contributed by atoms with E-state index in [9.17, 15) is 8.42 Å². The molecule has 2 unspecified atom stereocenters. The second-order valence-corrected chi connectivity index (χ2v) is 7.95. The van der Waals surface area contributed by atoms with Crippen LogP contribution in [0.4, 0.5) is 0 Å². The van der Waals surface area contributed by atoms with E-state index in [4.69, 9.17) is 0 Å². The number of benzene rings is 1. The quantitative estimate of drug-likeness (QED) is 0.760. The van der Waals surface area contributed by atoms with Gasteiger partial charge in [0.2, 0.25) is 10.0 Å². The highest BCUT2D eigenvalue weighted by atomic mass is 32.2. The fourth-order valence-corrected chi connectivity index (χ4v) is 3.99. The fourth-order valence-electron chi connectivity index (χ4n) is 2.78. The molecular formula is C16H26N2O2S. The molecule has 0 spiro atoms. The van der Waals surface area contributed by atoms with Crippen LogP contribution in [-0.4, -0.2) is 26.8 Å². The summed E-state index contributed by atoms with van der Waals surface area (Å²) >= 11 is 0. The van der Waals surface area contributed by atoms with Gasteiger partial charge in [-0.05, 0) is 50.3 Å². The lowest BCUT2D eigenvalue weighted by Crippen LogP contribution is -2.41. The molecule has 1 aromatic carbocycles. The van der Waals surface area contributed by atoms with Crippen molar-refractivity contribution < 1.29 is 8.42 Å². The van der Waals surface area contributed by atoms with Crippen molar-refractivity contribution in [3.63, 3.8) is 0 Å². The number of hydrogen-bond donors (Lipinski definition) is 2. The Bertz CT molecular complexity index is 557. The maximum absolute atomic E-state index is 12.5. The highest BCUT2D eigenvalue weighted by Crippen LogP contribution is 2.30. The summed E-state index contributed by atoms with van der Waals surface area (Å²) in [7, 11) is -3.30. The average Bonchev–Trinajstić information content (AvgIpc) is 2.47. The van der Waals surface area contributed by atoms with Gasteiger partial charge in [-0.15, -0.1) is 0 Å². The second kappa shape index (κ2) is 7.38. The maximum atomic E-state index is 12.5. The second-order valence-electron chi connectivity index (χ2n) is 5.82. The van der Waals surface area contributed by atoms with E-state index in [1.165, 1.54) is 5.56 Å². The summed E-state index contributed by atoms with van der Waals surface area (Å²) in [5.41, 5.74) is 2.41. The number of fused-ring (bicyclic) bond motifs is 1. The van der Waals surface area contributed by atoms with E-state index in [1.807, 2.05) is 18.2 Å². The van der Waals surface area contributed by atoms with Crippen LogP contribution in [0.1, 0.15) is 50.3 Å². The summed E-state index contributed by atoms with van der Waals surface area (Å²) in [4.78, 5) is 0. The SMILES string of the molecule is CCCNCC(C)S(=O)(=O)NC1CCCc2ccccc21. The van der Waals surface area contributed by atoms with Gasteiger partial charge in [0.05, 0.1) is 5.25 Å². The van der Waals surface area contributed by atoms with Crippen molar-refractivity contribution in [3.8, 4) is 0 Å². The molecule has 2 rings (SSSR count). The Morgan fingerprint density at radius 2 is 2.10 bits per heavy atom. The van der Waals surface area contributed by atoms with Gasteiger partial charge in [0, 0.05) is 12.6 Å². The first kappa shape index (κ1) is 16.5. The summed E-state index contributed by atoms with van der Waals surface area (Å²) in [6.07, 6.45) is 3.97. The van der Waals surface area contributed by atoms with Gasteiger partial charge in [-0.3, -0.25) is 0 Å². The molecule has 4 nitrogen and oxygen atoms in total. The third-order valence-corrected chi connectivity index (χ3v) is 5.90. The third kappa shape index (κ3) is 4.28. The largest absolute Gasteiger partial charge is 0.315 e. The van der Waals surface area contributed by atoms with Crippen LogP contribution in [0, 0.1) is 0 Å². The normalized spacial score (nSPS) is 20.0. The van der Waals surface area contributed by atoms with Crippen molar-refractivity contribution in [1.29, 1.82) is 0 Å². The van der Waals surface area contributed by atoms with Crippen LogP contribution < -0.4 is 10.0 Å². The first-order chi connectivity index (χ1) is 10.0. The average molecular weight is 310 g/mol. The molecule has 2 atom stereocenters. The first-order valence-electron chi connectivity index (χ1n) is 7.84. The fraction of sp³-hybridized carbons (Fsp3) is 0.625. The molecule has 0 aliphatic heterocycles. The molecular weight excluding hydrogens is 284 g/mol. The van der Waals surface area contributed by atoms with Crippen molar-refractivity contribution in [3.05, 3.63) is 35.4 Å². The Labute approximate surface area is 128 Å². The van der Waals surface area contributed by atoms with E-state index < -0.39 is 15.3 Å². The van der Waals surface area contributed by atoms with Gasteiger partial charge >= 0.3 is 0 Å². The molecule has 0 fully saturated rings. The summed E-state index contributed by atoms with van der Waals surface area (Å²) in [6.45, 7) is 5.19. The minimum absolute atomic E-state index is 0.0754. The molecule has 2 N–H and O–H groups in total. The van der Waals surface area contributed by atoms with Gasteiger partial charge in [0.25, 0.3) is 0 Å². The van der Waals surface area contributed by atoms with Crippen LogP contribution in [0.2, 0.25) is 0 Å². The standard InChI is InChI=1S/C16H26N2O2S/c1-3-11-17-12-13(2)21(19,20)18-16-10-6-8-14-7-4-5-9-15(14)16/h4-5,7,9,13,16-18H,3,6,8,10-12H2,1-2H3. The number of hydrogen-bond acceptors (Lipinski definition) is 3. The summed E-state index contributed by atoms with van der Waals surface area (Å²) in [6, 6.07) is 8.07. The van der Waals surface area contributed by atoms with E-state index in [0.29, 0.717) is 6.54 Å². The van der Waals surface area contributed by atoms with E-state index in [1.54, 1.807) is 6.92 Å². The topological polar surface area (TPSA) is 58.2 Å². The van der Waals surface area contributed by atoms with E-state index in [-0.39, 0.29) is 6.04 Å². The van der Waals surface area contributed by atoms with Gasteiger partial charge in [0.15, 0.2) is 0 Å². The molecule has 0 heterocycles. The molecule has 1 aliphatic carbocycles. The smallest absolute Gasteiger partial charge is 0.216 e.